The molecule has 2 heteroatoms. The topological polar surface area (TPSA) is 21.3 Å². The van der Waals surface area contributed by atoms with Gasteiger partial charge in [-0.1, -0.05) is 18.7 Å². The first-order valence-electron chi connectivity index (χ1n) is 5.68. The molecule has 0 unspecified atom stereocenters. The molecule has 1 N–H and O–H groups in total. The van der Waals surface area contributed by atoms with Gasteiger partial charge in [0.15, 0.2) is 0 Å². The Hall–Kier alpha value is -1.28. The minimum absolute atomic E-state index is 0.101. The van der Waals surface area contributed by atoms with Crippen LogP contribution in [0.5, 0.6) is 5.75 Å². The van der Waals surface area contributed by atoms with Gasteiger partial charge in [-0.2, -0.15) is 0 Å². The molecule has 0 aromatic heterocycles. The van der Waals surface area contributed by atoms with Gasteiger partial charge in [0.05, 0.1) is 0 Å². The predicted molar refractivity (Wildman–Crippen MR) is 67.7 cm³/mol. The Morgan fingerprint density at radius 2 is 2.25 bits per heavy atom. The first-order chi connectivity index (χ1) is 7.55. The third kappa shape index (κ3) is 1.98. The van der Waals surface area contributed by atoms with E-state index in [2.05, 4.69) is 31.8 Å². The fourth-order valence-corrected chi connectivity index (χ4v) is 2.26. The molecule has 1 atom stereocenters. The molecular weight excluding hydrogens is 198 g/mol. The lowest BCUT2D eigenvalue weighted by Crippen LogP contribution is -2.38. The lowest BCUT2D eigenvalue weighted by Gasteiger charge is -2.37. The van der Waals surface area contributed by atoms with Gasteiger partial charge < -0.3 is 10.1 Å². The largest absolute Gasteiger partial charge is 0.487 e. The first-order valence-corrected chi connectivity index (χ1v) is 5.68. The van der Waals surface area contributed by atoms with Gasteiger partial charge in [-0.25, -0.2) is 0 Å². The minimum Gasteiger partial charge on any atom is -0.487 e. The molecule has 1 aliphatic heterocycles. The van der Waals surface area contributed by atoms with E-state index in [0.717, 1.165) is 17.7 Å². The van der Waals surface area contributed by atoms with Crippen molar-refractivity contribution in [3.8, 4) is 5.75 Å². The maximum absolute atomic E-state index is 5.98. The summed E-state index contributed by atoms with van der Waals surface area (Å²) in [4.78, 5) is 0. The highest BCUT2D eigenvalue weighted by atomic mass is 16.5. The maximum Gasteiger partial charge on any atom is 0.124 e. The molecule has 0 saturated carbocycles. The van der Waals surface area contributed by atoms with E-state index in [1.54, 1.807) is 0 Å². The normalized spacial score (nSPS) is 22.1. The van der Waals surface area contributed by atoms with E-state index in [0.29, 0.717) is 6.04 Å². The SMILES string of the molecule is C=Cc1ccc2c(c1)[C@@H](NC)CC(C)(C)O2. The highest BCUT2D eigenvalue weighted by Gasteiger charge is 2.32. The van der Waals surface area contributed by atoms with Crippen LogP contribution in [0.1, 0.15) is 37.4 Å². The van der Waals surface area contributed by atoms with Crippen LogP contribution in [-0.4, -0.2) is 12.6 Å². The van der Waals surface area contributed by atoms with E-state index >= 15 is 0 Å². The van der Waals surface area contributed by atoms with E-state index in [4.69, 9.17) is 4.74 Å². The number of hydrogen-bond donors (Lipinski definition) is 1. The van der Waals surface area contributed by atoms with E-state index in [1.807, 2.05) is 25.3 Å². The fourth-order valence-electron chi connectivity index (χ4n) is 2.26. The smallest absolute Gasteiger partial charge is 0.124 e. The Balaban J connectivity index is 2.46. The molecule has 1 aliphatic rings. The number of hydrogen-bond acceptors (Lipinski definition) is 2. The van der Waals surface area contributed by atoms with Crippen LogP contribution >= 0.6 is 0 Å². The third-order valence-electron chi connectivity index (χ3n) is 3.08. The van der Waals surface area contributed by atoms with Gasteiger partial charge in [0.25, 0.3) is 0 Å². The van der Waals surface area contributed by atoms with Gasteiger partial charge in [-0.3, -0.25) is 0 Å². The molecule has 0 aliphatic carbocycles. The minimum atomic E-state index is -0.101. The standard InChI is InChI=1S/C14H19NO/c1-5-10-6-7-13-11(8-10)12(15-4)9-14(2,3)16-13/h5-8,12,15H,1,9H2,2-4H3/t12-/m0/s1. The second kappa shape index (κ2) is 3.95. The summed E-state index contributed by atoms with van der Waals surface area (Å²) in [6.07, 6.45) is 2.85. The second-order valence-electron chi connectivity index (χ2n) is 4.91. The monoisotopic (exact) mass is 217 g/mol. The highest BCUT2D eigenvalue weighted by Crippen LogP contribution is 2.39. The zero-order chi connectivity index (χ0) is 11.8. The third-order valence-corrected chi connectivity index (χ3v) is 3.08. The molecule has 0 spiro atoms. The van der Waals surface area contributed by atoms with E-state index in [9.17, 15) is 0 Å². The van der Waals surface area contributed by atoms with Crippen LogP contribution in [0.2, 0.25) is 0 Å². The van der Waals surface area contributed by atoms with Crippen molar-refractivity contribution in [2.45, 2.75) is 31.9 Å². The van der Waals surface area contributed by atoms with Crippen molar-refractivity contribution < 1.29 is 4.74 Å². The zero-order valence-electron chi connectivity index (χ0n) is 10.2. The van der Waals surface area contributed by atoms with Crippen LogP contribution in [0, 0.1) is 0 Å². The first kappa shape index (κ1) is 11.2. The molecule has 86 valence electrons. The average Bonchev–Trinajstić information content (AvgIpc) is 2.26. The van der Waals surface area contributed by atoms with Crippen LogP contribution in [0.15, 0.2) is 24.8 Å². The van der Waals surface area contributed by atoms with Crippen molar-refractivity contribution in [1.29, 1.82) is 0 Å². The van der Waals surface area contributed by atoms with Gasteiger partial charge in [0, 0.05) is 18.0 Å². The van der Waals surface area contributed by atoms with Crippen LogP contribution in [-0.2, 0) is 0 Å². The van der Waals surface area contributed by atoms with Crippen molar-refractivity contribution in [3.05, 3.63) is 35.9 Å². The highest BCUT2D eigenvalue weighted by molar-refractivity contribution is 5.53. The molecule has 1 aromatic rings. The predicted octanol–water partition coefficient (Wildman–Crippen LogP) is 3.15. The quantitative estimate of drug-likeness (QED) is 0.821. The zero-order valence-corrected chi connectivity index (χ0v) is 10.2. The number of rotatable bonds is 2. The molecule has 2 rings (SSSR count). The second-order valence-corrected chi connectivity index (χ2v) is 4.91. The molecule has 16 heavy (non-hydrogen) atoms. The van der Waals surface area contributed by atoms with Gasteiger partial charge in [-0.15, -0.1) is 0 Å². The van der Waals surface area contributed by atoms with Crippen LogP contribution in [0.4, 0.5) is 0 Å². The summed E-state index contributed by atoms with van der Waals surface area (Å²) in [5.74, 6) is 0.987. The van der Waals surface area contributed by atoms with Crippen molar-refractivity contribution in [2.75, 3.05) is 7.05 Å². The summed E-state index contributed by atoms with van der Waals surface area (Å²) in [5, 5.41) is 3.35. The molecule has 2 nitrogen and oxygen atoms in total. The number of benzene rings is 1. The Morgan fingerprint density at radius 1 is 1.50 bits per heavy atom. The van der Waals surface area contributed by atoms with Gasteiger partial charge in [0.2, 0.25) is 0 Å². The molecule has 1 aromatic carbocycles. The summed E-state index contributed by atoms with van der Waals surface area (Å²) in [5.41, 5.74) is 2.28. The van der Waals surface area contributed by atoms with Crippen LogP contribution in [0.3, 0.4) is 0 Å². The Bertz CT molecular complexity index is 409. The lowest BCUT2D eigenvalue weighted by atomic mass is 9.89. The summed E-state index contributed by atoms with van der Waals surface area (Å²) < 4.78 is 5.98. The molecule has 0 bridgehead atoms. The van der Waals surface area contributed by atoms with Gasteiger partial charge in [0.1, 0.15) is 11.4 Å². The maximum atomic E-state index is 5.98. The Kier molecular flexibility index (Phi) is 2.76. The summed E-state index contributed by atoms with van der Waals surface area (Å²) >= 11 is 0. The fraction of sp³-hybridized carbons (Fsp3) is 0.429. The number of nitrogens with one attached hydrogen (secondary N) is 1. The van der Waals surface area contributed by atoms with E-state index in [1.165, 1.54) is 5.56 Å². The molecule has 1 heterocycles. The van der Waals surface area contributed by atoms with Gasteiger partial charge >= 0.3 is 0 Å². The van der Waals surface area contributed by atoms with Crippen LogP contribution in [0.25, 0.3) is 6.08 Å². The summed E-state index contributed by atoms with van der Waals surface area (Å²) in [6.45, 7) is 8.05. The number of fused-ring (bicyclic) bond motifs is 1. The molecule has 0 fully saturated rings. The summed E-state index contributed by atoms with van der Waals surface area (Å²) in [7, 11) is 2.00. The molecule has 0 saturated heterocycles. The van der Waals surface area contributed by atoms with Crippen molar-refractivity contribution in [1.82, 2.24) is 5.32 Å². The van der Waals surface area contributed by atoms with E-state index < -0.39 is 0 Å². The Labute approximate surface area is 97.3 Å². The summed E-state index contributed by atoms with van der Waals surface area (Å²) in [6, 6.07) is 6.59. The van der Waals surface area contributed by atoms with E-state index in [-0.39, 0.29) is 5.60 Å². The molecular formula is C14H19NO. The van der Waals surface area contributed by atoms with Crippen LogP contribution < -0.4 is 10.1 Å². The average molecular weight is 217 g/mol. The number of ether oxygens (including phenoxy) is 1. The van der Waals surface area contributed by atoms with Gasteiger partial charge in [-0.05, 0) is 38.6 Å². The molecule has 0 amide bonds. The van der Waals surface area contributed by atoms with Crippen molar-refractivity contribution in [3.63, 3.8) is 0 Å². The van der Waals surface area contributed by atoms with Crippen molar-refractivity contribution >= 4 is 6.08 Å². The molecule has 0 radical (unpaired) electrons. The lowest BCUT2D eigenvalue weighted by molar-refractivity contribution is 0.0675. The van der Waals surface area contributed by atoms with Crippen molar-refractivity contribution in [2.24, 2.45) is 0 Å². The Morgan fingerprint density at radius 3 is 2.88 bits per heavy atom.